The van der Waals surface area contributed by atoms with Gasteiger partial charge >= 0.3 is 0 Å². The molecule has 0 saturated heterocycles. The smallest absolute Gasteiger partial charge is 0.231 e. The zero-order chi connectivity index (χ0) is 14.7. The fourth-order valence-electron chi connectivity index (χ4n) is 1.96. The van der Waals surface area contributed by atoms with Gasteiger partial charge in [0.05, 0.1) is 18.7 Å². The highest BCUT2D eigenvalue weighted by Crippen LogP contribution is 2.34. The summed E-state index contributed by atoms with van der Waals surface area (Å²) in [6.07, 6.45) is 0.231. The lowest BCUT2D eigenvalue weighted by Gasteiger charge is -2.05. The first-order valence-electron chi connectivity index (χ1n) is 6.36. The van der Waals surface area contributed by atoms with Crippen LogP contribution in [0.2, 0.25) is 0 Å². The first-order chi connectivity index (χ1) is 10.2. The number of methoxy groups -OCH3 is 1. The lowest BCUT2D eigenvalue weighted by atomic mass is 10.2. The number of anilines is 1. The van der Waals surface area contributed by atoms with Crippen LogP contribution in [-0.2, 0) is 22.6 Å². The number of nitrogens with one attached hydrogen (secondary N) is 1. The van der Waals surface area contributed by atoms with E-state index in [1.807, 2.05) is 5.38 Å². The summed E-state index contributed by atoms with van der Waals surface area (Å²) in [4.78, 5) is 16.3. The van der Waals surface area contributed by atoms with Crippen LogP contribution < -0.4 is 14.8 Å². The maximum atomic E-state index is 12.0. The van der Waals surface area contributed by atoms with Gasteiger partial charge < -0.3 is 19.5 Å². The summed E-state index contributed by atoms with van der Waals surface area (Å²) in [6.45, 7) is 0.683. The molecule has 0 aliphatic carbocycles. The number of aromatic nitrogens is 1. The van der Waals surface area contributed by atoms with Crippen LogP contribution >= 0.6 is 11.3 Å². The van der Waals surface area contributed by atoms with E-state index in [1.54, 1.807) is 25.3 Å². The molecule has 6 nitrogen and oxygen atoms in total. The van der Waals surface area contributed by atoms with Crippen molar-refractivity contribution < 1.29 is 19.0 Å². The molecule has 2 aromatic rings. The highest BCUT2D eigenvalue weighted by atomic mass is 32.1. The summed E-state index contributed by atoms with van der Waals surface area (Å²) in [6, 6.07) is 5.30. The lowest BCUT2D eigenvalue weighted by Crippen LogP contribution is -2.14. The largest absolute Gasteiger partial charge is 0.454 e. The third-order valence-corrected chi connectivity index (χ3v) is 3.74. The zero-order valence-corrected chi connectivity index (χ0v) is 12.2. The number of carbonyl (C=O) groups is 1. The summed E-state index contributed by atoms with van der Waals surface area (Å²) in [5.41, 5.74) is 1.42. The Balaban J connectivity index is 1.60. The second kappa shape index (κ2) is 6.11. The average molecular weight is 306 g/mol. The molecule has 1 aliphatic heterocycles. The van der Waals surface area contributed by atoms with Crippen molar-refractivity contribution in [2.24, 2.45) is 0 Å². The van der Waals surface area contributed by atoms with Crippen LogP contribution in [0.3, 0.4) is 0 Å². The molecule has 0 unspecified atom stereocenters. The second-order valence-corrected chi connectivity index (χ2v) is 5.40. The molecule has 1 N–H and O–H groups in total. The molecule has 0 fully saturated rings. The third kappa shape index (κ3) is 3.32. The van der Waals surface area contributed by atoms with Crippen molar-refractivity contribution in [3.63, 3.8) is 0 Å². The Kier molecular flexibility index (Phi) is 4.03. The summed E-state index contributed by atoms with van der Waals surface area (Å²) in [7, 11) is 1.62. The number of carbonyl (C=O) groups excluding carboxylic acids is 1. The monoisotopic (exact) mass is 306 g/mol. The highest BCUT2D eigenvalue weighted by molar-refractivity contribution is 7.09. The van der Waals surface area contributed by atoms with Crippen molar-refractivity contribution in [2.75, 3.05) is 19.2 Å². The minimum absolute atomic E-state index is 0.122. The van der Waals surface area contributed by atoms with E-state index in [1.165, 1.54) is 11.3 Å². The predicted octanol–water partition coefficient (Wildman–Crippen LogP) is 2.20. The molecule has 1 amide bonds. The van der Waals surface area contributed by atoms with Crippen molar-refractivity contribution in [2.45, 2.75) is 13.0 Å². The number of hydrogen-bond donors (Lipinski definition) is 1. The van der Waals surface area contributed by atoms with Crippen molar-refractivity contribution in [3.8, 4) is 11.5 Å². The first-order valence-corrected chi connectivity index (χ1v) is 7.24. The molecule has 2 heterocycles. The molecule has 0 bridgehead atoms. The van der Waals surface area contributed by atoms with Gasteiger partial charge in [-0.3, -0.25) is 4.79 Å². The number of hydrogen-bond acceptors (Lipinski definition) is 6. The normalized spacial score (nSPS) is 12.4. The topological polar surface area (TPSA) is 69.7 Å². The molecule has 110 valence electrons. The zero-order valence-electron chi connectivity index (χ0n) is 11.4. The standard InChI is InChI=1S/C14H14N2O4S/c1-18-6-14-16-10(7-21-14)5-13(17)15-9-2-3-11-12(4-9)20-8-19-11/h2-4,7H,5-6,8H2,1H3,(H,15,17). The minimum atomic E-state index is -0.122. The molecule has 1 aromatic heterocycles. The Morgan fingerprint density at radius 2 is 2.29 bits per heavy atom. The minimum Gasteiger partial charge on any atom is -0.454 e. The Morgan fingerprint density at radius 3 is 3.14 bits per heavy atom. The van der Waals surface area contributed by atoms with Crippen LogP contribution in [0, 0.1) is 0 Å². The molecular formula is C14H14N2O4S. The average Bonchev–Trinajstić information content (AvgIpc) is 3.08. The predicted molar refractivity (Wildman–Crippen MR) is 77.7 cm³/mol. The Morgan fingerprint density at radius 1 is 1.43 bits per heavy atom. The number of amides is 1. The third-order valence-electron chi connectivity index (χ3n) is 2.87. The maximum absolute atomic E-state index is 12.0. The summed E-state index contributed by atoms with van der Waals surface area (Å²) >= 11 is 1.49. The van der Waals surface area contributed by atoms with E-state index >= 15 is 0 Å². The lowest BCUT2D eigenvalue weighted by molar-refractivity contribution is -0.115. The molecule has 7 heteroatoms. The number of ether oxygens (including phenoxy) is 3. The number of fused-ring (bicyclic) bond motifs is 1. The van der Waals surface area contributed by atoms with Crippen LogP contribution in [0.1, 0.15) is 10.7 Å². The Hall–Kier alpha value is -2.12. The van der Waals surface area contributed by atoms with Crippen LogP contribution in [0.25, 0.3) is 0 Å². The van der Waals surface area contributed by atoms with Crippen molar-refractivity contribution in [3.05, 3.63) is 34.3 Å². The molecule has 0 saturated carbocycles. The maximum Gasteiger partial charge on any atom is 0.231 e. The van der Waals surface area contributed by atoms with Gasteiger partial charge in [-0.2, -0.15) is 0 Å². The van der Waals surface area contributed by atoms with Gasteiger partial charge in [0.15, 0.2) is 11.5 Å². The number of rotatable bonds is 5. The van der Waals surface area contributed by atoms with Gasteiger partial charge in [0.1, 0.15) is 5.01 Å². The van der Waals surface area contributed by atoms with Crippen molar-refractivity contribution in [1.29, 1.82) is 0 Å². The van der Waals surface area contributed by atoms with Gasteiger partial charge in [-0.15, -0.1) is 11.3 Å². The van der Waals surface area contributed by atoms with Gasteiger partial charge in [0.25, 0.3) is 0 Å². The Bertz CT molecular complexity index is 656. The van der Waals surface area contributed by atoms with Gasteiger partial charge in [0.2, 0.25) is 12.7 Å². The molecule has 1 aromatic carbocycles. The van der Waals surface area contributed by atoms with E-state index in [4.69, 9.17) is 14.2 Å². The number of nitrogens with zero attached hydrogens (tertiary/aromatic N) is 1. The molecule has 0 atom stereocenters. The van der Waals surface area contributed by atoms with Gasteiger partial charge in [-0.25, -0.2) is 4.98 Å². The van der Waals surface area contributed by atoms with E-state index in [0.717, 1.165) is 10.7 Å². The van der Waals surface area contributed by atoms with E-state index in [-0.39, 0.29) is 19.1 Å². The quantitative estimate of drug-likeness (QED) is 0.917. The number of benzene rings is 1. The van der Waals surface area contributed by atoms with Gasteiger partial charge in [-0.1, -0.05) is 0 Å². The summed E-state index contributed by atoms with van der Waals surface area (Å²) < 4.78 is 15.5. The highest BCUT2D eigenvalue weighted by Gasteiger charge is 2.14. The molecular weight excluding hydrogens is 292 g/mol. The van der Waals surface area contributed by atoms with E-state index in [9.17, 15) is 4.79 Å². The van der Waals surface area contributed by atoms with Crippen molar-refractivity contribution in [1.82, 2.24) is 4.98 Å². The summed E-state index contributed by atoms with van der Waals surface area (Å²) in [5.74, 6) is 1.21. The molecule has 3 rings (SSSR count). The van der Waals surface area contributed by atoms with Crippen LogP contribution in [0.4, 0.5) is 5.69 Å². The van der Waals surface area contributed by atoms with E-state index in [2.05, 4.69) is 10.3 Å². The molecule has 1 aliphatic rings. The first kappa shape index (κ1) is 13.8. The number of thiazole rings is 1. The van der Waals surface area contributed by atoms with E-state index in [0.29, 0.717) is 23.8 Å². The second-order valence-electron chi connectivity index (χ2n) is 4.46. The SMILES string of the molecule is COCc1nc(CC(=O)Nc2ccc3c(c2)OCO3)cs1. The fourth-order valence-corrected chi connectivity index (χ4v) is 2.73. The van der Waals surface area contributed by atoms with Crippen LogP contribution in [0.5, 0.6) is 11.5 Å². The molecule has 21 heavy (non-hydrogen) atoms. The van der Waals surface area contributed by atoms with Crippen LogP contribution in [0.15, 0.2) is 23.6 Å². The van der Waals surface area contributed by atoms with Gasteiger partial charge in [-0.05, 0) is 12.1 Å². The molecule has 0 spiro atoms. The van der Waals surface area contributed by atoms with Gasteiger partial charge in [0, 0.05) is 24.2 Å². The van der Waals surface area contributed by atoms with Crippen LogP contribution in [-0.4, -0.2) is 24.8 Å². The van der Waals surface area contributed by atoms with E-state index < -0.39 is 0 Å². The summed E-state index contributed by atoms with van der Waals surface area (Å²) in [5, 5.41) is 5.55. The van der Waals surface area contributed by atoms with Crippen molar-refractivity contribution >= 4 is 22.9 Å². The molecule has 0 radical (unpaired) electrons. The fraction of sp³-hybridized carbons (Fsp3) is 0.286. The Labute approximate surface area is 125 Å².